The van der Waals surface area contributed by atoms with Crippen LogP contribution >= 0.6 is 0 Å². The number of hydrogen-bond donors (Lipinski definition) is 2. The number of aryl methyl sites for hydroxylation is 1. The molecule has 0 saturated heterocycles. The number of nitrogens with zero attached hydrogens (tertiary/aromatic N) is 4. The second-order valence-corrected chi connectivity index (χ2v) is 6.64. The number of guanidine groups is 1. The Kier molecular flexibility index (Phi) is 5.83. The zero-order chi connectivity index (χ0) is 19.4. The van der Waals surface area contributed by atoms with Gasteiger partial charge in [-0.05, 0) is 32.9 Å². The van der Waals surface area contributed by atoms with E-state index in [0.29, 0.717) is 25.7 Å². The van der Waals surface area contributed by atoms with Crippen molar-refractivity contribution in [3.05, 3.63) is 34.9 Å². The molecule has 1 aliphatic heterocycles. The van der Waals surface area contributed by atoms with Crippen LogP contribution in [0, 0.1) is 6.92 Å². The smallest absolute Gasteiger partial charge is 0.191 e. The number of fused-ring (bicyclic) bond motifs is 1. The van der Waals surface area contributed by atoms with E-state index in [0.717, 1.165) is 35.1 Å². The first-order chi connectivity index (χ1) is 13.0. The van der Waals surface area contributed by atoms with Crippen molar-refractivity contribution in [3.8, 4) is 11.5 Å². The highest BCUT2D eigenvalue weighted by Gasteiger charge is 2.22. The van der Waals surface area contributed by atoms with E-state index in [1.54, 1.807) is 7.05 Å². The summed E-state index contributed by atoms with van der Waals surface area (Å²) in [5.74, 6) is 4.25. The Hall–Kier alpha value is -2.77. The van der Waals surface area contributed by atoms with Gasteiger partial charge >= 0.3 is 0 Å². The monoisotopic (exact) mass is 372 g/mol. The Morgan fingerprint density at radius 1 is 1.33 bits per heavy atom. The number of ether oxygens (including phenoxy) is 2. The third-order valence-corrected chi connectivity index (χ3v) is 4.65. The summed E-state index contributed by atoms with van der Waals surface area (Å²) < 4.78 is 13.7. The van der Waals surface area contributed by atoms with Gasteiger partial charge in [0.05, 0.1) is 13.2 Å². The van der Waals surface area contributed by atoms with E-state index < -0.39 is 0 Å². The lowest BCUT2D eigenvalue weighted by Crippen LogP contribution is -2.37. The van der Waals surface area contributed by atoms with E-state index in [9.17, 15) is 0 Å². The number of benzene rings is 1. The Morgan fingerprint density at radius 2 is 2.11 bits per heavy atom. The number of rotatable bonds is 6. The number of hydrogen-bond acceptors (Lipinski definition) is 5. The summed E-state index contributed by atoms with van der Waals surface area (Å²) in [7, 11) is 3.69. The van der Waals surface area contributed by atoms with E-state index in [-0.39, 0.29) is 6.10 Å². The molecule has 0 spiro atoms. The maximum absolute atomic E-state index is 5.89. The van der Waals surface area contributed by atoms with Crippen molar-refractivity contribution in [1.82, 2.24) is 25.4 Å². The molecule has 0 amide bonds. The Balaban J connectivity index is 1.65. The number of aliphatic imine (C=N–C) groups is 1. The van der Waals surface area contributed by atoms with Gasteiger partial charge in [0, 0.05) is 38.2 Å². The van der Waals surface area contributed by atoms with Crippen LogP contribution in [0.3, 0.4) is 0 Å². The first kappa shape index (κ1) is 19.0. The van der Waals surface area contributed by atoms with Gasteiger partial charge in [0.15, 0.2) is 11.8 Å². The minimum atomic E-state index is 0.210. The molecule has 146 valence electrons. The van der Waals surface area contributed by atoms with E-state index >= 15 is 0 Å². The summed E-state index contributed by atoms with van der Waals surface area (Å²) in [5.41, 5.74) is 2.25. The number of nitrogens with one attached hydrogen (secondary N) is 2. The van der Waals surface area contributed by atoms with Crippen LogP contribution in [-0.4, -0.2) is 40.5 Å². The Bertz CT molecular complexity index is 830. The van der Waals surface area contributed by atoms with Crippen molar-refractivity contribution in [2.45, 2.75) is 46.4 Å². The van der Waals surface area contributed by atoms with Gasteiger partial charge in [0.25, 0.3) is 0 Å². The molecular weight excluding hydrogens is 344 g/mol. The standard InChI is InChI=1S/C19H28N6O2/c1-6-26-16-8-14-7-12(2)27-17(14)9-15(16)10-21-19(20-4)22-11-18-24-23-13(3)25(18)5/h8-9,12H,6-7,10-11H2,1-5H3,(H2,20,21,22). The molecular formula is C19H28N6O2. The van der Waals surface area contributed by atoms with Gasteiger partial charge in [0.2, 0.25) is 0 Å². The Labute approximate surface area is 160 Å². The molecule has 2 N–H and O–H groups in total. The van der Waals surface area contributed by atoms with Crippen molar-refractivity contribution in [2.24, 2.45) is 12.0 Å². The third-order valence-electron chi connectivity index (χ3n) is 4.65. The van der Waals surface area contributed by atoms with Crippen LogP contribution in [0.4, 0.5) is 0 Å². The average Bonchev–Trinajstić information content (AvgIpc) is 3.17. The first-order valence-corrected chi connectivity index (χ1v) is 9.26. The minimum absolute atomic E-state index is 0.210. The zero-order valence-corrected chi connectivity index (χ0v) is 16.7. The van der Waals surface area contributed by atoms with Crippen LogP contribution in [0.1, 0.15) is 36.6 Å². The number of aromatic nitrogens is 3. The van der Waals surface area contributed by atoms with E-state index in [2.05, 4.69) is 44.9 Å². The van der Waals surface area contributed by atoms with Crippen LogP contribution in [0.25, 0.3) is 0 Å². The minimum Gasteiger partial charge on any atom is -0.494 e. The van der Waals surface area contributed by atoms with Gasteiger partial charge in [-0.1, -0.05) is 0 Å². The molecule has 1 aromatic heterocycles. The lowest BCUT2D eigenvalue weighted by atomic mass is 10.1. The second kappa shape index (κ2) is 8.28. The molecule has 0 saturated carbocycles. The summed E-state index contributed by atoms with van der Waals surface area (Å²) in [5, 5.41) is 14.8. The molecule has 1 aromatic carbocycles. The summed E-state index contributed by atoms with van der Waals surface area (Å²) in [6.07, 6.45) is 1.13. The van der Waals surface area contributed by atoms with Gasteiger partial charge in [-0.25, -0.2) is 0 Å². The SMILES string of the molecule is CCOc1cc2c(cc1CNC(=NC)NCc1nnc(C)n1C)OC(C)C2. The van der Waals surface area contributed by atoms with Crippen LogP contribution in [-0.2, 0) is 26.6 Å². The molecule has 0 bridgehead atoms. The second-order valence-electron chi connectivity index (χ2n) is 6.64. The van der Waals surface area contributed by atoms with Crippen LogP contribution in [0.2, 0.25) is 0 Å². The Morgan fingerprint density at radius 3 is 2.78 bits per heavy atom. The van der Waals surface area contributed by atoms with Crippen LogP contribution in [0.5, 0.6) is 11.5 Å². The molecule has 27 heavy (non-hydrogen) atoms. The van der Waals surface area contributed by atoms with Crippen LogP contribution in [0.15, 0.2) is 17.1 Å². The highest BCUT2D eigenvalue weighted by atomic mass is 16.5. The molecule has 8 heteroatoms. The molecule has 0 radical (unpaired) electrons. The van der Waals surface area contributed by atoms with Crippen molar-refractivity contribution in [1.29, 1.82) is 0 Å². The highest BCUT2D eigenvalue weighted by molar-refractivity contribution is 5.79. The molecule has 3 rings (SSSR count). The molecule has 2 aromatic rings. The summed E-state index contributed by atoms with van der Waals surface area (Å²) in [6.45, 7) is 7.75. The summed E-state index contributed by atoms with van der Waals surface area (Å²) >= 11 is 0. The topological polar surface area (TPSA) is 85.6 Å². The quantitative estimate of drug-likeness (QED) is 0.593. The van der Waals surface area contributed by atoms with E-state index in [4.69, 9.17) is 9.47 Å². The van der Waals surface area contributed by atoms with Crippen molar-refractivity contribution < 1.29 is 9.47 Å². The molecule has 0 fully saturated rings. The van der Waals surface area contributed by atoms with Gasteiger partial charge < -0.3 is 24.7 Å². The molecule has 8 nitrogen and oxygen atoms in total. The fourth-order valence-corrected chi connectivity index (χ4v) is 3.08. The van der Waals surface area contributed by atoms with E-state index in [1.165, 1.54) is 5.56 Å². The zero-order valence-electron chi connectivity index (χ0n) is 16.7. The summed E-state index contributed by atoms with van der Waals surface area (Å²) in [6, 6.07) is 4.16. The van der Waals surface area contributed by atoms with Crippen LogP contribution < -0.4 is 20.1 Å². The third kappa shape index (κ3) is 4.32. The molecule has 1 atom stereocenters. The van der Waals surface area contributed by atoms with Gasteiger partial charge in [-0.3, -0.25) is 4.99 Å². The molecule has 1 unspecified atom stereocenters. The highest BCUT2D eigenvalue weighted by Crippen LogP contribution is 2.35. The normalized spacial score (nSPS) is 16.0. The van der Waals surface area contributed by atoms with E-state index in [1.807, 2.05) is 25.5 Å². The van der Waals surface area contributed by atoms with Crippen molar-refractivity contribution >= 4 is 5.96 Å². The predicted octanol–water partition coefficient (Wildman–Crippen LogP) is 1.71. The molecule has 2 heterocycles. The van der Waals surface area contributed by atoms with Crippen molar-refractivity contribution in [2.75, 3.05) is 13.7 Å². The fraction of sp³-hybridized carbons (Fsp3) is 0.526. The molecule has 0 aliphatic carbocycles. The maximum Gasteiger partial charge on any atom is 0.191 e. The molecule has 1 aliphatic rings. The van der Waals surface area contributed by atoms with Gasteiger partial charge in [0.1, 0.15) is 23.4 Å². The average molecular weight is 372 g/mol. The lowest BCUT2D eigenvalue weighted by molar-refractivity contribution is 0.254. The van der Waals surface area contributed by atoms with Gasteiger partial charge in [-0.15, -0.1) is 10.2 Å². The largest absolute Gasteiger partial charge is 0.494 e. The maximum atomic E-state index is 5.89. The van der Waals surface area contributed by atoms with Crippen molar-refractivity contribution in [3.63, 3.8) is 0 Å². The lowest BCUT2D eigenvalue weighted by Gasteiger charge is -2.15. The predicted molar refractivity (Wildman–Crippen MR) is 104 cm³/mol. The summed E-state index contributed by atoms with van der Waals surface area (Å²) in [4.78, 5) is 4.28. The first-order valence-electron chi connectivity index (χ1n) is 9.26. The fourth-order valence-electron chi connectivity index (χ4n) is 3.08. The van der Waals surface area contributed by atoms with Gasteiger partial charge in [-0.2, -0.15) is 0 Å².